The van der Waals surface area contributed by atoms with Crippen molar-refractivity contribution in [3.05, 3.63) is 95.1 Å². The van der Waals surface area contributed by atoms with Gasteiger partial charge in [0, 0.05) is 50.5 Å². The van der Waals surface area contributed by atoms with Crippen LogP contribution >= 0.6 is 0 Å². The minimum Gasteiger partial charge on any atom is -0.377 e. The summed E-state index contributed by atoms with van der Waals surface area (Å²) in [5.74, 6) is -1.23. The highest BCUT2D eigenvalue weighted by Crippen LogP contribution is 2.27. The second-order valence-corrected chi connectivity index (χ2v) is 10.3. The minimum absolute atomic E-state index is 0.0925. The monoisotopic (exact) mass is 493 g/mol. The highest BCUT2D eigenvalue weighted by Gasteiger charge is 2.21. The van der Waals surface area contributed by atoms with Crippen LogP contribution in [0.15, 0.2) is 66.7 Å². The first-order valence-electron chi connectivity index (χ1n) is 11.8. The van der Waals surface area contributed by atoms with E-state index in [4.69, 9.17) is 0 Å². The van der Waals surface area contributed by atoms with Crippen molar-refractivity contribution in [1.82, 2.24) is 4.90 Å². The first-order valence-corrected chi connectivity index (χ1v) is 11.8. The van der Waals surface area contributed by atoms with Crippen molar-refractivity contribution in [3.63, 3.8) is 0 Å². The molecule has 0 saturated heterocycles. The fourth-order valence-electron chi connectivity index (χ4n) is 3.95. The lowest BCUT2D eigenvalue weighted by atomic mass is 9.92. The van der Waals surface area contributed by atoms with Crippen molar-refractivity contribution in [2.45, 2.75) is 40.3 Å². The molecule has 2 amide bonds. The van der Waals surface area contributed by atoms with Gasteiger partial charge in [-0.1, -0.05) is 32.9 Å². The molecule has 0 atom stereocenters. The summed E-state index contributed by atoms with van der Waals surface area (Å²) in [6.07, 6.45) is 0.368. The average molecular weight is 494 g/mol. The summed E-state index contributed by atoms with van der Waals surface area (Å²) in [4.78, 5) is 29.5. The summed E-state index contributed by atoms with van der Waals surface area (Å²) in [5, 5.41) is 2.95. The number of benzene rings is 3. The maximum absolute atomic E-state index is 13.9. The van der Waals surface area contributed by atoms with E-state index in [9.17, 15) is 18.4 Å². The van der Waals surface area contributed by atoms with Crippen molar-refractivity contribution < 1.29 is 18.4 Å². The summed E-state index contributed by atoms with van der Waals surface area (Å²) < 4.78 is 27.4. The van der Waals surface area contributed by atoms with Gasteiger partial charge >= 0.3 is 0 Å². The molecule has 0 fully saturated rings. The SMILES string of the molecule is CN(C)c1ccc(NC(=O)CC(C)(C)C)cc1CN(Cc1cccc(F)c1)C(=O)c1ccc(F)cc1. The Morgan fingerprint density at radius 1 is 0.861 bits per heavy atom. The Kier molecular flexibility index (Phi) is 8.45. The van der Waals surface area contributed by atoms with Gasteiger partial charge in [-0.2, -0.15) is 0 Å². The first-order chi connectivity index (χ1) is 16.9. The van der Waals surface area contributed by atoms with E-state index in [2.05, 4.69) is 5.32 Å². The molecular weight excluding hydrogens is 460 g/mol. The van der Waals surface area contributed by atoms with E-state index in [-0.39, 0.29) is 36.1 Å². The number of nitrogens with zero attached hydrogens (tertiary/aromatic N) is 2. The molecule has 5 nitrogen and oxygen atoms in total. The molecule has 0 bridgehead atoms. The second kappa shape index (κ2) is 11.3. The molecule has 0 aliphatic rings. The van der Waals surface area contributed by atoms with Crippen molar-refractivity contribution in [1.29, 1.82) is 0 Å². The van der Waals surface area contributed by atoms with Crippen LogP contribution in [0.3, 0.4) is 0 Å². The highest BCUT2D eigenvalue weighted by molar-refractivity contribution is 5.94. The van der Waals surface area contributed by atoms with E-state index < -0.39 is 5.82 Å². The van der Waals surface area contributed by atoms with Crippen LogP contribution in [0.2, 0.25) is 0 Å². The number of carbonyl (C=O) groups excluding carboxylic acids is 2. The fourth-order valence-corrected chi connectivity index (χ4v) is 3.95. The summed E-state index contributed by atoms with van der Waals surface area (Å²) in [6, 6.07) is 17.0. The van der Waals surface area contributed by atoms with E-state index in [1.54, 1.807) is 17.0 Å². The standard InChI is InChI=1S/C29H33F2N3O2/c1-29(2,3)17-27(35)32-25-13-14-26(33(4)5)22(16-25)19-34(18-20-7-6-8-24(31)15-20)28(36)21-9-11-23(30)12-10-21/h6-16H,17-19H2,1-5H3,(H,32,35). The number of carbonyl (C=O) groups is 2. The predicted molar refractivity (Wildman–Crippen MR) is 140 cm³/mol. The third-order valence-corrected chi connectivity index (χ3v) is 5.54. The third-order valence-electron chi connectivity index (χ3n) is 5.54. The quantitative estimate of drug-likeness (QED) is 0.404. The molecule has 0 heterocycles. The Morgan fingerprint density at radius 3 is 2.17 bits per heavy atom. The van der Waals surface area contributed by atoms with Crippen molar-refractivity contribution in [3.8, 4) is 0 Å². The Morgan fingerprint density at radius 2 is 1.56 bits per heavy atom. The molecule has 0 radical (unpaired) electrons. The number of hydrogen-bond donors (Lipinski definition) is 1. The highest BCUT2D eigenvalue weighted by atomic mass is 19.1. The molecule has 36 heavy (non-hydrogen) atoms. The Bertz CT molecular complexity index is 1220. The second-order valence-electron chi connectivity index (χ2n) is 10.3. The maximum Gasteiger partial charge on any atom is 0.254 e. The van der Waals surface area contributed by atoms with E-state index in [1.807, 2.05) is 58.0 Å². The summed E-state index contributed by atoms with van der Waals surface area (Å²) in [5.41, 5.74) is 3.12. The molecule has 1 N–H and O–H groups in total. The average Bonchev–Trinajstić information content (AvgIpc) is 2.77. The maximum atomic E-state index is 13.9. The number of hydrogen-bond acceptors (Lipinski definition) is 3. The van der Waals surface area contributed by atoms with Crippen LogP contribution in [0.4, 0.5) is 20.2 Å². The zero-order valence-corrected chi connectivity index (χ0v) is 21.4. The minimum atomic E-state index is -0.433. The van der Waals surface area contributed by atoms with E-state index >= 15 is 0 Å². The molecule has 0 aliphatic carbocycles. The van der Waals surface area contributed by atoms with Gasteiger partial charge in [0.15, 0.2) is 0 Å². The topological polar surface area (TPSA) is 52.7 Å². The van der Waals surface area contributed by atoms with Gasteiger partial charge in [-0.15, -0.1) is 0 Å². The molecule has 0 aromatic heterocycles. The zero-order chi connectivity index (χ0) is 26.5. The van der Waals surface area contributed by atoms with Crippen LogP contribution in [-0.2, 0) is 17.9 Å². The van der Waals surface area contributed by atoms with Crippen LogP contribution < -0.4 is 10.2 Å². The molecule has 3 rings (SSSR count). The van der Waals surface area contributed by atoms with Crippen molar-refractivity contribution in [2.24, 2.45) is 5.41 Å². The Labute approximate surface area is 211 Å². The molecule has 0 spiro atoms. The lowest BCUT2D eigenvalue weighted by Crippen LogP contribution is -2.31. The van der Waals surface area contributed by atoms with Crippen molar-refractivity contribution in [2.75, 3.05) is 24.3 Å². The first kappa shape index (κ1) is 26.9. The van der Waals surface area contributed by atoms with Gasteiger partial charge in [0.05, 0.1) is 0 Å². The van der Waals surface area contributed by atoms with Gasteiger partial charge in [-0.25, -0.2) is 8.78 Å². The number of rotatable bonds is 8. The summed E-state index contributed by atoms with van der Waals surface area (Å²) >= 11 is 0. The van der Waals surface area contributed by atoms with Crippen LogP contribution in [0, 0.1) is 17.0 Å². The van der Waals surface area contributed by atoms with Gasteiger partial charge in [0.1, 0.15) is 11.6 Å². The van der Waals surface area contributed by atoms with E-state index in [0.29, 0.717) is 23.2 Å². The molecule has 7 heteroatoms. The largest absolute Gasteiger partial charge is 0.377 e. The summed E-state index contributed by atoms with van der Waals surface area (Å²) in [7, 11) is 3.80. The fraction of sp³-hybridized carbons (Fsp3) is 0.310. The molecule has 0 unspecified atom stereocenters. The number of amides is 2. The zero-order valence-electron chi connectivity index (χ0n) is 21.4. The normalized spacial score (nSPS) is 11.2. The smallest absolute Gasteiger partial charge is 0.254 e. The molecule has 3 aromatic rings. The number of nitrogens with one attached hydrogen (secondary N) is 1. The van der Waals surface area contributed by atoms with Crippen LogP contribution in [0.5, 0.6) is 0 Å². The van der Waals surface area contributed by atoms with Gasteiger partial charge in [0.25, 0.3) is 5.91 Å². The van der Waals surface area contributed by atoms with Crippen molar-refractivity contribution >= 4 is 23.2 Å². The van der Waals surface area contributed by atoms with Gasteiger partial charge in [-0.05, 0) is 71.1 Å². The molecule has 190 valence electrons. The molecule has 0 saturated carbocycles. The van der Waals surface area contributed by atoms with Crippen LogP contribution in [-0.4, -0.2) is 30.8 Å². The summed E-state index contributed by atoms with van der Waals surface area (Å²) in [6.45, 7) is 6.35. The lowest BCUT2D eigenvalue weighted by Gasteiger charge is -2.27. The third kappa shape index (κ3) is 7.63. The van der Waals surface area contributed by atoms with Gasteiger partial charge in [-0.3, -0.25) is 9.59 Å². The predicted octanol–water partition coefficient (Wildman–Crippen LogP) is 6.25. The van der Waals surface area contributed by atoms with Crippen LogP contribution in [0.25, 0.3) is 0 Å². The molecule has 3 aromatic carbocycles. The lowest BCUT2D eigenvalue weighted by molar-refractivity contribution is -0.117. The molecular formula is C29H33F2N3O2. The van der Waals surface area contributed by atoms with Gasteiger partial charge in [0.2, 0.25) is 5.91 Å². The number of halogens is 2. The van der Waals surface area contributed by atoms with Gasteiger partial charge < -0.3 is 15.1 Å². The molecule has 0 aliphatic heterocycles. The number of anilines is 2. The Hall–Kier alpha value is -3.74. The Balaban J connectivity index is 1.96. The van der Waals surface area contributed by atoms with Crippen LogP contribution in [0.1, 0.15) is 48.7 Å². The van der Waals surface area contributed by atoms with E-state index in [0.717, 1.165) is 11.3 Å². The van der Waals surface area contributed by atoms with E-state index in [1.165, 1.54) is 36.4 Å².